The maximum absolute atomic E-state index is 14.5. The lowest BCUT2D eigenvalue weighted by atomic mass is 10.1. The SMILES string of the molecule is Fc1ccc(F)c(-c2noc(-c3nnn(-c4ccccc4F)c3-c3cccnc3)n2)c1. The summed E-state index contributed by atoms with van der Waals surface area (Å²) in [4.78, 5) is 8.24. The third-order valence-electron chi connectivity index (χ3n) is 4.48. The average Bonchev–Trinajstić information content (AvgIpc) is 3.44. The molecule has 0 saturated carbocycles. The van der Waals surface area contributed by atoms with Gasteiger partial charge in [0.1, 0.15) is 28.8 Å². The van der Waals surface area contributed by atoms with Crippen LogP contribution in [0.4, 0.5) is 13.2 Å². The summed E-state index contributed by atoms with van der Waals surface area (Å²) in [6.07, 6.45) is 3.13. The first-order valence-corrected chi connectivity index (χ1v) is 9.02. The first-order valence-electron chi connectivity index (χ1n) is 9.02. The molecule has 0 saturated heterocycles. The minimum absolute atomic E-state index is 0.0971. The number of hydrogen-bond donors (Lipinski definition) is 0. The molecule has 0 aliphatic carbocycles. The lowest BCUT2D eigenvalue weighted by molar-refractivity contribution is 0.430. The van der Waals surface area contributed by atoms with E-state index in [0.29, 0.717) is 11.3 Å². The molecular weight excluding hydrogens is 409 g/mol. The fourth-order valence-electron chi connectivity index (χ4n) is 3.08. The quantitative estimate of drug-likeness (QED) is 0.427. The van der Waals surface area contributed by atoms with Crippen LogP contribution >= 0.6 is 0 Å². The van der Waals surface area contributed by atoms with Crippen LogP contribution in [-0.4, -0.2) is 30.1 Å². The first kappa shape index (κ1) is 18.7. The number of para-hydroxylation sites is 1. The molecule has 0 unspecified atom stereocenters. The van der Waals surface area contributed by atoms with Crippen molar-refractivity contribution in [1.82, 2.24) is 30.1 Å². The summed E-state index contributed by atoms with van der Waals surface area (Å²) < 4.78 is 48.7. The predicted molar refractivity (Wildman–Crippen MR) is 103 cm³/mol. The molecule has 5 rings (SSSR count). The number of pyridine rings is 1. The number of halogens is 3. The molecule has 0 aliphatic heterocycles. The van der Waals surface area contributed by atoms with Gasteiger partial charge in [0.25, 0.3) is 5.89 Å². The molecule has 3 heterocycles. The molecule has 5 aromatic rings. The topological polar surface area (TPSA) is 82.5 Å². The second kappa shape index (κ2) is 7.48. The van der Waals surface area contributed by atoms with Crippen LogP contribution in [0.3, 0.4) is 0 Å². The monoisotopic (exact) mass is 420 g/mol. The van der Waals surface area contributed by atoms with Gasteiger partial charge in [-0.15, -0.1) is 5.10 Å². The molecule has 0 bridgehead atoms. The second-order valence-electron chi connectivity index (χ2n) is 6.44. The van der Waals surface area contributed by atoms with Crippen LogP contribution < -0.4 is 0 Å². The van der Waals surface area contributed by atoms with Crippen molar-refractivity contribution in [3.05, 3.63) is 84.4 Å². The molecule has 0 amide bonds. The molecule has 0 aliphatic rings. The molecule has 0 fully saturated rings. The smallest absolute Gasteiger partial charge is 0.281 e. The van der Waals surface area contributed by atoms with Gasteiger partial charge in [-0.25, -0.2) is 17.9 Å². The van der Waals surface area contributed by atoms with Crippen molar-refractivity contribution in [2.75, 3.05) is 0 Å². The number of hydrogen-bond acceptors (Lipinski definition) is 6. The number of rotatable bonds is 4. The minimum Gasteiger partial charge on any atom is -0.332 e. The van der Waals surface area contributed by atoms with Gasteiger partial charge >= 0.3 is 0 Å². The standard InChI is InChI=1S/C21H11F3N6O/c22-13-7-8-15(23)14(10-13)20-26-21(31-28-20)18-19(12-4-3-9-25-11-12)30(29-27-18)17-6-2-1-5-16(17)24/h1-11H. The van der Waals surface area contributed by atoms with Crippen molar-refractivity contribution >= 4 is 0 Å². The van der Waals surface area contributed by atoms with Gasteiger partial charge < -0.3 is 4.52 Å². The highest BCUT2D eigenvalue weighted by Gasteiger charge is 2.25. The van der Waals surface area contributed by atoms with Gasteiger partial charge in [-0.05, 0) is 42.5 Å². The number of aromatic nitrogens is 6. The Morgan fingerprint density at radius 3 is 2.58 bits per heavy atom. The van der Waals surface area contributed by atoms with E-state index in [0.717, 1.165) is 18.2 Å². The normalized spacial score (nSPS) is 11.1. The predicted octanol–water partition coefficient (Wildman–Crippen LogP) is 4.46. The van der Waals surface area contributed by atoms with E-state index in [9.17, 15) is 13.2 Å². The lowest BCUT2D eigenvalue weighted by Crippen LogP contribution is -2.02. The van der Waals surface area contributed by atoms with E-state index in [1.807, 2.05) is 0 Å². The summed E-state index contributed by atoms with van der Waals surface area (Å²) in [7, 11) is 0. The maximum Gasteiger partial charge on any atom is 0.281 e. The van der Waals surface area contributed by atoms with Crippen molar-refractivity contribution in [3.63, 3.8) is 0 Å². The lowest BCUT2D eigenvalue weighted by Gasteiger charge is -2.07. The summed E-state index contributed by atoms with van der Waals surface area (Å²) in [5, 5.41) is 11.9. The van der Waals surface area contributed by atoms with Crippen molar-refractivity contribution in [2.24, 2.45) is 0 Å². The Hall–Kier alpha value is -4.34. The highest BCUT2D eigenvalue weighted by molar-refractivity contribution is 5.75. The zero-order valence-electron chi connectivity index (χ0n) is 15.6. The van der Waals surface area contributed by atoms with Crippen LogP contribution in [0.15, 0.2) is 71.5 Å². The van der Waals surface area contributed by atoms with E-state index in [1.54, 1.807) is 36.7 Å². The second-order valence-corrected chi connectivity index (χ2v) is 6.44. The van der Waals surface area contributed by atoms with Crippen LogP contribution in [0.25, 0.3) is 39.9 Å². The molecule has 0 radical (unpaired) electrons. The third kappa shape index (κ3) is 3.33. The van der Waals surface area contributed by atoms with Gasteiger partial charge in [0.15, 0.2) is 5.69 Å². The average molecular weight is 420 g/mol. The largest absolute Gasteiger partial charge is 0.332 e. The Morgan fingerprint density at radius 2 is 1.77 bits per heavy atom. The highest BCUT2D eigenvalue weighted by atomic mass is 19.1. The van der Waals surface area contributed by atoms with Gasteiger partial charge in [0.05, 0.1) is 5.56 Å². The Morgan fingerprint density at radius 1 is 0.903 bits per heavy atom. The molecule has 0 atom stereocenters. The van der Waals surface area contributed by atoms with E-state index >= 15 is 0 Å². The van der Waals surface area contributed by atoms with E-state index in [4.69, 9.17) is 4.52 Å². The van der Waals surface area contributed by atoms with Crippen molar-refractivity contribution in [1.29, 1.82) is 0 Å². The fourth-order valence-corrected chi connectivity index (χ4v) is 3.08. The van der Waals surface area contributed by atoms with Crippen molar-refractivity contribution < 1.29 is 17.7 Å². The van der Waals surface area contributed by atoms with Gasteiger partial charge in [-0.1, -0.05) is 22.5 Å². The Balaban J connectivity index is 1.68. The van der Waals surface area contributed by atoms with Crippen molar-refractivity contribution in [3.8, 4) is 39.9 Å². The van der Waals surface area contributed by atoms with Crippen molar-refractivity contribution in [2.45, 2.75) is 0 Å². The third-order valence-corrected chi connectivity index (χ3v) is 4.48. The molecule has 0 N–H and O–H groups in total. The minimum atomic E-state index is -0.712. The van der Waals surface area contributed by atoms with E-state index in [1.165, 1.54) is 16.8 Å². The summed E-state index contributed by atoms with van der Waals surface area (Å²) in [5.74, 6) is -2.14. The van der Waals surface area contributed by atoms with Gasteiger partial charge in [-0.3, -0.25) is 4.98 Å². The molecule has 152 valence electrons. The molecular formula is C21H11F3N6O. The fraction of sp³-hybridized carbons (Fsp3) is 0. The zero-order valence-corrected chi connectivity index (χ0v) is 15.6. The summed E-state index contributed by atoms with van der Waals surface area (Å²) in [5.41, 5.74) is 1.01. The van der Waals surface area contributed by atoms with Gasteiger partial charge in [0, 0.05) is 18.0 Å². The molecule has 7 nitrogen and oxygen atoms in total. The Kier molecular flexibility index (Phi) is 4.51. The van der Waals surface area contributed by atoms with Crippen LogP contribution in [0.1, 0.15) is 0 Å². The van der Waals surface area contributed by atoms with Crippen LogP contribution in [-0.2, 0) is 0 Å². The van der Waals surface area contributed by atoms with Gasteiger partial charge in [0.2, 0.25) is 5.82 Å². The molecule has 31 heavy (non-hydrogen) atoms. The first-order chi connectivity index (χ1) is 15.1. The number of benzene rings is 2. The van der Waals surface area contributed by atoms with Gasteiger partial charge in [-0.2, -0.15) is 4.98 Å². The van der Waals surface area contributed by atoms with E-state index in [-0.39, 0.29) is 28.7 Å². The van der Waals surface area contributed by atoms with Crippen LogP contribution in [0.2, 0.25) is 0 Å². The molecule has 10 heteroatoms. The molecule has 3 aromatic heterocycles. The maximum atomic E-state index is 14.5. The van der Waals surface area contributed by atoms with E-state index < -0.39 is 17.5 Å². The number of nitrogens with zero attached hydrogens (tertiary/aromatic N) is 6. The Bertz CT molecular complexity index is 1380. The summed E-state index contributed by atoms with van der Waals surface area (Å²) in [6.45, 7) is 0. The molecule has 0 spiro atoms. The summed E-state index contributed by atoms with van der Waals surface area (Å²) >= 11 is 0. The van der Waals surface area contributed by atoms with Crippen LogP contribution in [0.5, 0.6) is 0 Å². The zero-order chi connectivity index (χ0) is 21.4. The highest BCUT2D eigenvalue weighted by Crippen LogP contribution is 2.33. The Labute approximate surface area is 172 Å². The van der Waals surface area contributed by atoms with E-state index in [2.05, 4.69) is 25.4 Å². The summed E-state index contributed by atoms with van der Waals surface area (Å²) in [6, 6.07) is 12.4. The molecule has 2 aromatic carbocycles. The van der Waals surface area contributed by atoms with Crippen LogP contribution in [0, 0.1) is 17.5 Å².